The van der Waals surface area contributed by atoms with E-state index in [0.717, 1.165) is 60.9 Å². The van der Waals surface area contributed by atoms with Crippen LogP contribution in [0.3, 0.4) is 0 Å². The van der Waals surface area contributed by atoms with Gasteiger partial charge in [0.25, 0.3) is 5.91 Å². The number of likely N-dealkylation sites (tertiary alicyclic amines) is 1. The van der Waals surface area contributed by atoms with Gasteiger partial charge in [-0.2, -0.15) is 0 Å². The zero-order valence-corrected chi connectivity index (χ0v) is 18.0. The summed E-state index contributed by atoms with van der Waals surface area (Å²) in [5, 5.41) is 6.01. The van der Waals surface area contributed by atoms with Crippen molar-refractivity contribution >= 4 is 22.9 Å². The summed E-state index contributed by atoms with van der Waals surface area (Å²) in [4.78, 5) is 20.0. The number of anilines is 1. The molecule has 0 saturated carbocycles. The van der Waals surface area contributed by atoms with Crippen LogP contribution in [0.1, 0.15) is 34.3 Å². The Morgan fingerprint density at radius 2 is 1.87 bits per heavy atom. The SMILES string of the molecule is COCCN1CCC(c2nc(C(=O)Nc3ccccc3-c3ccccc3)cs2)CC1. The molecule has 0 radical (unpaired) electrons. The lowest BCUT2D eigenvalue weighted by Gasteiger charge is -2.30. The first-order valence-electron chi connectivity index (χ1n) is 10.4. The number of piperidine rings is 1. The van der Waals surface area contributed by atoms with E-state index < -0.39 is 0 Å². The third-order valence-electron chi connectivity index (χ3n) is 5.56. The number of hydrogen-bond donors (Lipinski definition) is 1. The molecule has 0 atom stereocenters. The van der Waals surface area contributed by atoms with Crippen molar-refractivity contribution in [2.24, 2.45) is 0 Å². The summed E-state index contributed by atoms with van der Waals surface area (Å²) in [5.74, 6) is 0.283. The van der Waals surface area contributed by atoms with Crippen LogP contribution in [0, 0.1) is 0 Å². The summed E-state index contributed by atoms with van der Waals surface area (Å²) in [6, 6.07) is 18.0. The molecule has 2 heterocycles. The number of rotatable bonds is 7. The van der Waals surface area contributed by atoms with Gasteiger partial charge in [-0.25, -0.2) is 4.98 Å². The van der Waals surface area contributed by atoms with Crippen LogP contribution in [0.2, 0.25) is 0 Å². The molecule has 1 aliphatic heterocycles. The Balaban J connectivity index is 1.41. The van der Waals surface area contributed by atoms with Crippen LogP contribution in [-0.4, -0.2) is 49.1 Å². The molecular weight excluding hydrogens is 394 g/mol. The lowest BCUT2D eigenvalue weighted by Crippen LogP contribution is -2.35. The monoisotopic (exact) mass is 421 g/mol. The Bertz CT molecular complexity index is 965. The number of methoxy groups -OCH3 is 1. The molecule has 1 aromatic heterocycles. The van der Waals surface area contributed by atoms with E-state index in [-0.39, 0.29) is 5.91 Å². The van der Waals surface area contributed by atoms with Crippen molar-refractivity contribution < 1.29 is 9.53 Å². The summed E-state index contributed by atoms with van der Waals surface area (Å²) in [6.45, 7) is 3.87. The molecule has 0 spiro atoms. The normalized spacial score (nSPS) is 15.2. The highest BCUT2D eigenvalue weighted by Crippen LogP contribution is 2.31. The van der Waals surface area contributed by atoms with Crippen molar-refractivity contribution in [3.8, 4) is 11.1 Å². The molecule has 1 saturated heterocycles. The van der Waals surface area contributed by atoms with Gasteiger partial charge in [0.1, 0.15) is 5.69 Å². The summed E-state index contributed by atoms with van der Waals surface area (Å²) in [6.07, 6.45) is 2.16. The Morgan fingerprint density at radius 3 is 2.63 bits per heavy atom. The zero-order valence-electron chi connectivity index (χ0n) is 17.2. The van der Waals surface area contributed by atoms with Gasteiger partial charge < -0.3 is 15.0 Å². The average Bonchev–Trinajstić information content (AvgIpc) is 3.29. The standard InChI is InChI=1S/C24H27N3O2S/c1-29-16-15-27-13-11-19(12-14-27)24-26-22(17-30-24)23(28)25-21-10-6-5-9-20(21)18-7-3-2-4-8-18/h2-10,17,19H,11-16H2,1H3,(H,25,28). The Kier molecular flexibility index (Phi) is 6.89. The van der Waals surface area contributed by atoms with Gasteiger partial charge in [0.2, 0.25) is 0 Å². The van der Waals surface area contributed by atoms with Gasteiger partial charge in [0.05, 0.1) is 11.6 Å². The molecule has 0 unspecified atom stereocenters. The Hall–Kier alpha value is -2.54. The van der Waals surface area contributed by atoms with Gasteiger partial charge >= 0.3 is 0 Å². The number of benzene rings is 2. The van der Waals surface area contributed by atoms with Gasteiger partial charge in [0, 0.05) is 36.2 Å². The predicted molar refractivity (Wildman–Crippen MR) is 122 cm³/mol. The van der Waals surface area contributed by atoms with E-state index in [1.807, 2.05) is 60.0 Å². The van der Waals surface area contributed by atoms with Crippen LogP contribution in [0.5, 0.6) is 0 Å². The van der Waals surface area contributed by atoms with Crippen molar-refractivity contribution in [2.45, 2.75) is 18.8 Å². The second-order valence-corrected chi connectivity index (χ2v) is 8.44. The quantitative estimate of drug-likeness (QED) is 0.590. The highest BCUT2D eigenvalue weighted by molar-refractivity contribution is 7.10. The van der Waals surface area contributed by atoms with E-state index >= 15 is 0 Å². The maximum Gasteiger partial charge on any atom is 0.275 e. The van der Waals surface area contributed by atoms with E-state index in [0.29, 0.717) is 11.6 Å². The van der Waals surface area contributed by atoms with Crippen molar-refractivity contribution in [3.05, 3.63) is 70.7 Å². The molecule has 156 valence electrons. The number of hydrogen-bond acceptors (Lipinski definition) is 5. The number of nitrogens with zero attached hydrogens (tertiary/aromatic N) is 2. The number of carbonyl (C=O) groups excluding carboxylic acids is 1. The fraction of sp³-hybridized carbons (Fsp3) is 0.333. The highest BCUT2D eigenvalue weighted by Gasteiger charge is 2.24. The summed E-state index contributed by atoms with van der Waals surface area (Å²) in [7, 11) is 1.74. The molecule has 2 aromatic carbocycles. The molecule has 5 nitrogen and oxygen atoms in total. The number of nitrogens with one attached hydrogen (secondary N) is 1. The smallest absolute Gasteiger partial charge is 0.275 e. The lowest BCUT2D eigenvalue weighted by molar-refractivity contribution is 0.102. The van der Waals surface area contributed by atoms with Gasteiger partial charge in [-0.15, -0.1) is 11.3 Å². The minimum Gasteiger partial charge on any atom is -0.383 e. The second kappa shape index (κ2) is 9.98. The summed E-state index contributed by atoms with van der Waals surface area (Å²) in [5.41, 5.74) is 3.38. The first kappa shape index (κ1) is 20.7. The first-order valence-corrected chi connectivity index (χ1v) is 11.2. The number of thiazole rings is 1. The maximum absolute atomic E-state index is 12.9. The van der Waals surface area contributed by atoms with Crippen molar-refractivity contribution in [1.29, 1.82) is 0 Å². The molecule has 3 aromatic rings. The van der Waals surface area contributed by atoms with E-state index in [1.165, 1.54) is 0 Å². The zero-order chi connectivity index (χ0) is 20.8. The largest absolute Gasteiger partial charge is 0.383 e. The van der Waals surface area contributed by atoms with Crippen LogP contribution in [0.4, 0.5) is 5.69 Å². The fourth-order valence-corrected chi connectivity index (χ4v) is 4.82. The predicted octanol–water partition coefficient (Wildman–Crippen LogP) is 4.89. The average molecular weight is 422 g/mol. The summed E-state index contributed by atoms with van der Waals surface area (Å²) >= 11 is 1.60. The number of ether oxygens (including phenoxy) is 1. The van der Waals surface area contributed by atoms with E-state index in [9.17, 15) is 4.79 Å². The van der Waals surface area contributed by atoms with E-state index in [2.05, 4.69) is 15.2 Å². The molecule has 1 fully saturated rings. The van der Waals surface area contributed by atoms with Crippen molar-refractivity contribution in [3.63, 3.8) is 0 Å². The molecule has 1 amide bonds. The molecule has 0 aliphatic carbocycles. The van der Waals surface area contributed by atoms with Crippen LogP contribution in [-0.2, 0) is 4.74 Å². The summed E-state index contributed by atoms with van der Waals surface area (Å²) < 4.78 is 5.17. The first-order chi connectivity index (χ1) is 14.7. The number of amides is 1. The third-order valence-corrected chi connectivity index (χ3v) is 6.57. The van der Waals surface area contributed by atoms with Gasteiger partial charge in [-0.05, 0) is 37.6 Å². The van der Waals surface area contributed by atoms with Crippen LogP contribution < -0.4 is 5.32 Å². The van der Waals surface area contributed by atoms with Gasteiger partial charge in [0.15, 0.2) is 0 Å². The van der Waals surface area contributed by atoms with Gasteiger partial charge in [-0.1, -0.05) is 48.5 Å². The van der Waals surface area contributed by atoms with Crippen LogP contribution >= 0.6 is 11.3 Å². The second-order valence-electron chi connectivity index (χ2n) is 7.55. The molecule has 6 heteroatoms. The maximum atomic E-state index is 12.9. The number of carbonyl (C=O) groups is 1. The van der Waals surface area contributed by atoms with Crippen LogP contribution in [0.15, 0.2) is 60.0 Å². The van der Waals surface area contributed by atoms with E-state index in [4.69, 9.17) is 4.74 Å². The topological polar surface area (TPSA) is 54.5 Å². The molecule has 4 rings (SSSR count). The molecule has 30 heavy (non-hydrogen) atoms. The third kappa shape index (κ3) is 4.95. The van der Waals surface area contributed by atoms with Crippen molar-refractivity contribution in [2.75, 3.05) is 38.7 Å². The number of para-hydroxylation sites is 1. The fourth-order valence-electron chi connectivity index (χ4n) is 3.85. The van der Waals surface area contributed by atoms with Crippen LogP contribution in [0.25, 0.3) is 11.1 Å². The Morgan fingerprint density at radius 1 is 1.13 bits per heavy atom. The minimum absolute atomic E-state index is 0.154. The molecular formula is C24H27N3O2S. The Labute approximate surface area is 181 Å². The number of aromatic nitrogens is 1. The molecule has 1 N–H and O–H groups in total. The molecule has 0 bridgehead atoms. The van der Waals surface area contributed by atoms with Gasteiger partial charge in [-0.3, -0.25) is 4.79 Å². The lowest BCUT2D eigenvalue weighted by atomic mass is 9.97. The molecule has 1 aliphatic rings. The van der Waals surface area contributed by atoms with E-state index in [1.54, 1.807) is 18.4 Å². The highest BCUT2D eigenvalue weighted by atomic mass is 32.1. The minimum atomic E-state index is -0.154. The van der Waals surface area contributed by atoms with Crippen molar-refractivity contribution in [1.82, 2.24) is 9.88 Å².